The highest BCUT2D eigenvalue weighted by Gasteiger charge is 2.29. The molecule has 1 aromatic carbocycles. The molecule has 2 aromatic rings. The van der Waals surface area contributed by atoms with E-state index < -0.39 is 17.7 Å². The van der Waals surface area contributed by atoms with Crippen LogP contribution in [-0.4, -0.2) is 62.1 Å². The van der Waals surface area contributed by atoms with Gasteiger partial charge in [0, 0.05) is 19.2 Å². The number of primary amides is 1. The van der Waals surface area contributed by atoms with Crippen LogP contribution in [0.4, 0.5) is 11.4 Å². The number of carbonyl (C=O) groups is 3. The third-order valence-electron chi connectivity index (χ3n) is 4.93. The Kier molecular flexibility index (Phi) is 7.49. The zero-order chi connectivity index (χ0) is 23.3. The van der Waals surface area contributed by atoms with Crippen molar-refractivity contribution in [1.29, 1.82) is 0 Å². The highest BCUT2D eigenvalue weighted by Crippen LogP contribution is 2.34. The lowest BCUT2D eigenvalue weighted by atomic mass is 10.2. The van der Waals surface area contributed by atoms with Gasteiger partial charge in [-0.2, -0.15) is 4.37 Å². The predicted octanol–water partition coefficient (Wildman–Crippen LogP) is 0.783. The first-order valence-corrected chi connectivity index (χ1v) is 10.6. The summed E-state index contributed by atoms with van der Waals surface area (Å²) in [7, 11) is 2.93. The molecule has 172 valence electrons. The van der Waals surface area contributed by atoms with E-state index in [9.17, 15) is 14.4 Å². The number of hydrogen-bond donors (Lipinski definition) is 3. The van der Waals surface area contributed by atoms with E-state index in [2.05, 4.69) is 9.69 Å². The Labute approximate surface area is 188 Å². The summed E-state index contributed by atoms with van der Waals surface area (Å²) in [5, 5.41) is 2.79. The van der Waals surface area contributed by atoms with E-state index in [0.717, 1.165) is 24.4 Å². The van der Waals surface area contributed by atoms with Crippen molar-refractivity contribution >= 4 is 40.6 Å². The van der Waals surface area contributed by atoms with Crippen molar-refractivity contribution in [2.75, 3.05) is 44.5 Å². The molecular formula is C20H25N5O6S. The van der Waals surface area contributed by atoms with Crippen LogP contribution in [0.15, 0.2) is 18.2 Å². The standard InChI is InChI=1S/C20H25N5O6S/c1-29-11-5-6-13(14(8-11)30-2)25(10-15(26)23-9-12-4-3-7-31-12)20(28)18-16(21)17(19(22)27)24-32-18/h5-6,8,12H,3-4,7,9-10,21H2,1-2H3,(H2,22,27)(H,23,26). The van der Waals surface area contributed by atoms with Gasteiger partial charge in [-0.1, -0.05) is 0 Å². The molecular weight excluding hydrogens is 438 g/mol. The Morgan fingerprint density at radius 2 is 2.09 bits per heavy atom. The minimum atomic E-state index is -0.847. The van der Waals surface area contributed by atoms with Gasteiger partial charge in [-0.05, 0) is 36.5 Å². The lowest BCUT2D eigenvalue weighted by Gasteiger charge is -2.24. The smallest absolute Gasteiger partial charge is 0.272 e. The number of ether oxygens (including phenoxy) is 3. The molecule has 5 N–H and O–H groups in total. The molecule has 3 amide bonds. The zero-order valence-electron chi connectivity index (χ0n) is 17.8. The van der Waals surface area contributed by atoms with Crippen molar-refractivity contribution in [3.63, 3.8) is 0 Å². The van der Waals surface area contributed by atoms with Gasteiger partial charge in [0.15, 0.2) is 5.69 Å². The normalized spacial score (nSPS) is 15.2. The number of rotatable bonds is 9. The number of nitrogen functional groups attached to an aromatic ring is 1. The quantitative estimate of drug-likeness (QED) is 0.492. The highest BCUT2D eigenvalue weighted by molar-refractivity contribution is 7.09. The van der Waals surface area contributed by atoms with Crippen LogP contribution in [0.25, 0.3) is 0 Å². The Morgan fingerprint density at radius 1 is 1.31 bits per heavy atom. The second-order valence-electron chi connectivity index (χ2n) is 7.01. The largest absolute Gasteiger partial charge is 0.497 e. The fourth-order valence-electron chi connectivity index (χ4n) is 3.26. The number of aromatic nitrogens is 1. The second-order valence-corrected chi connectivity index (χ2v) is 7.78. The van der Waals surface area contributed by atoms with Crippen LogP contribution in [0.3, 0.4) is 0 Å². The molecule has 1 aliphatic rings. The van der Waals surface area contributed by atoms with Crippen molar-refractivity contribution in [1.82, 2.24) is 9.69 Å². The maximum Gasteiger partial charge on any atom is 0.272 e. The molecule has 0 aliphatic carbocycles. The fraction of sp³-hybridized carbons (Fsp3) is 0.400. The lowest BCUT2D eigenvalue weighted by molar-refractivity contribution is -0.120. The summed E-state index contributed by atoms with van der Waals surface area (Å²) < 4.78 is 20.0. The summed E-state index contributed by atoms with van der Waals surface area (Å²) in [6.07, 6.45) is 1.76. The molecule has 1 aliphatic heterocycles. The molecule has 32 heavy (non-hydrogen) atoms. The number of nitrogens with zero attached hydrogens (tertiary/aromatic N) is 2. The van der Waals surface area contributed by atoms with Gasteiger partial charge in [-0.25, -0.2) is 0 Å². The van der Waals surface area contributed by atoms with Gasteiger partial charge in [-0.15, -0.1) is 0 Å². The minimum absolute atomic E-state index is 0.0106. The molecule has 11 nitrogen and oxygen atoms in total. The number of hydrogen-bond acceptors (Lipinski definition) is 9. The summed E-state index contributed by atoms with van der Waals surface area (Å²) in [5.41, 5.74) is 11.2. The summed E-state index contributed by atoms with van der Waals surface area (Å²) >= 11 is 0.733. The highest BCUT2D eigenvalue weighted by atomic mass is 32.1. The van der Waals surface area contributed by atoms with Gasteiger partial charge in [0.05, 0.1) is 31.7 Å². The molecule has 0 spiro atoms. The number of methoxy groups -OCH3 is 2. The zero-order valence-corrected chi connectivity index (χ0v) is 18.6. The fourth-order valence-corrected chi connectivity index (χ4v) is 4.01. The maximum absolute atomic E-state index is 13.4. The molecule has 3 rings (SSSR count). The third-order valence-corrected chi connectivity index (χ3v) is 5.78. The molecule has 1 fully saturated rings. The number of carbonyl (C=O) groups excluding carboxylic acids is 3. The van der Waals surface area contributed by atoms with Gasteiger partial charge in [0.2, 0.25) is 5.91 Å². The van der Waals surface area contributed by atoms with Gasteiger partial charge in [0.25, 0.3) is 11.8 Å². The van der Waals surface area contributed by atoms with Crippen LogP contribution in [0.2, 0.25) is 0 Å². The first-order chi connectivity index (χ1) is 15.3. The number of nitrogens with two attached hydrogens (primary N) is 2. The van der Waals surface area contributed by atoms with E-state index in [1.165, 1.54) is 19.1 Å². The van der Waals surface area contributed by atoms with Crippen LogP contribution in [0.5, 0.6) is 11.5 Å². The van der Waals surface area contributed by atoms with E-state index in [1.807, 2.05) is 0 Å². The van der Waals surface area contributed by atoms with E-state index in [0.29, 0.717) is 30.3 Å². The summed E-state index contributed by atoms with van der Waals surface area (Å²) in [6.45, 7) is 0.688. The second kappa shape index (κ2) is 10.3. The van der Waals surface area contributed by atoms with Crippen LogP contribution in [0, 0.1) is 0 Å². The van der Waals surface area contributed by atoms with Gasteiger partial charge < -0.3 is 31.0 Å². The van der Waals surface area contributed by atoms with Crippen LogP contribution < -0.4 is 31.2 Å². The summed E-state index contributed by atoms with van der Waals surface area (Å²) in [4.78, 5) is 38.8. The van der Waals surface area contributed by atoms with E-state index in [4.69, 9.17) is 25.7 Å². The van der Waals surface area contributed by atoms with Gasteiger partial charge >= 0.3 is 0 Å². The van der Waals surface area contributed by atoms with Crippen molar-refractivity contribution in [3.05, 3.63) is 28.8 Å². The Hall–Kier alpha value is -3.38. The van der Waals surface area contributed by atoms with E-state index in [1.54, 1.807) is 18.2 Å². The van der Waals surface area contributed by atoms with E-state index in [-0.39, 0.29) is 28.9 Å². The molecule has 1 atom stereocenters. The number of amides is 3. The summed E-state index contributed by atoms with van der Waals surface area (Å²) in [6, 6.07) is 4.81. The first-order valence-electron chi connectivity index (χ1n) is 9.82. The molecule has 0 bridgehead atoms. The van der Waals surface area contributed by atoms with E-state index >= 15 is 0 Å². The molecule has 0 saturated carbocycles. The topological polar surface area (TPSA) is 159 Å². The monoisotopic (exact) mass is 463 g/mol. The predicted molar refractivity (Wildman–Crippen MR) is 118 cm³/mol. The number of benzene rings is 1. The molecule has 12 heteroatoms. The molecule has 2 heterocycles. The van der Waals surface area contributed by atoms with Crippen LogP contribution in [-0.2, 0) is 9.53 Å². The average molecular weight is 464 g/mol. The Balaban J connectivity index is 1.91. The summed E-state index contributed by atoms with van der Waals surface area (Å²) in [5.74, 6) is -1.05. The van der Waals surface area contributed by atoms with Gasteiger partial charge in [0.1, 0.15) is 22.9 Å². The molecule has 1 unspecified atom stereocenters. The Morgan fingerprint density at radius 3 is 2.69 bits per heavy atom. The maximum atomic E-state index is 13.4. The average Bonchev–Trinajstić information content (AvgIpc) is 3.44. The minimum Gasteiger partial charge on any atom is -0.497 e. The molecule has 0 radical (unpaired) electrons. The molecule has 1 saturated heterocycles. The van der Waals surface area contributed by atoms with Crippen molar-refractivity contribution in [2.24, 2.45) is 5.73 Å². The van der Waals surface area contributed by atoms with Crippen molar-refractivity contribution < 1.29 is 28.6 Å². The molecule has 1 aromatic heterocycles. The van der Waals surface area contributed by atoms with Crippen LogP contribution >= 0.6 is 11.5 Å². The first kappa shape index (κ1) is 23.3. The number of nitrogens with one attached hydrogen (secondary N) is 1. The third kappa shape index (κ3) is 5.08. The van der Waals surface area contributed by atoms with Crippen molar-refractivity contribution in [2.45, 2.75) is 18.9 Å². The number of anilines is 2. The Bertz CT molecular complexity index is 1000. The van der Waals surface area contributed by atoms with Crippen molar-refractivity contribution in [3.8, 4) is 11.5 Å². The SMILES string of the molecule is COc1ccc(N(CC(=O)NCC2CCCO2)C(=O)c2snc(C(N)=O)c2N)c(OC)c1. The van der Waals surface area contributed by atoms with Crippen LogP contribution in [0.1, 0.15) is 33.0 Å². The lowest BCUT2D eigenvalue weighted by Crippen LogP contribution is -2.43. The van der Waals surface area contributed by atoms with Gasteiger partial charge in [-0.3, -0.25) is 19.3 Å².